The molecule has 2 N–H and O–H groups in total. The molecular formula is C17H19FN2O4S. The summed E-state index contributed by atoms with van der Waals surface area (Å²) in [4.78, 5) is 12.1. The zero-order valence-electron chi connectivity index (χ0n) is 13.6. The van der Waals surface area contributed by atoms with E-state index in [0.717, 1.165) is 4.31 Å². The summed E-state index contributed by atoms with van der Waals surface area (Å²) in [5.41, 5.74) is 0.626. The molecule has 0 radical (unpaired) electrons. The number of benzene rings is 2. The molecule has 0 atom stereocenters. The number of aliphatic hydroxyl groups is 1. The van der Waals surface area contributed by atoms with E-state index in [0.29, 0.717) is 5.56 Å². The van der Waals surface area contributed by atoms with Crippen LogP contribution in [0.3, 0.4) is 0 Å². The first-order valence-electron chi connectivity index (χ1n) is 7.55. The Bertz CT molecular complexity index is 838. The summed E-state index contributed by atoms with van der Waals surface area (Å²) in [7, 11) is -2.35. The molecule has 0 aromatic heterocycles. The van der Waals surface area contributed by atoms with Crippen LogP contribution in [-0.2, 0) is 16.6 Å². The minimum Gasteiger partial charge on any atom is -0.395 e. The van der Waals surface area contributed by atoms with E-state index in [1.807, 2.05) is 0 Å². The highest BCUT2D eigenvalue weighted by atomic mass is 32.2. The van der Waals surface area contributed by atoms with Gasteiger partial charge >= 0.3 is 0 Å². The molecule has 0 bridgehead atoms. The minimum absolute atomic E-state index is 0.0206. The summed E-state index contributed by atoms with van der Waals surface area (Å²) in [6.07, 6.45) is 0. The number of rotatable bonds is 7. The normalized spacial score (nSPS) is 11.5. The number of hydrogen-bond donors (Lipinski definition) is 2. The van der Waals surface area contributed by atoms with Gasteiger partial charge in [0, 0.05) is 31.3 Å². The summed E-state index contributed by atoms with van der Waals surface area (Å²) >= 11 is 0. The fourth-order valence-electron chi connectivity index (χ4n) is 2.14. The summed E-state index contributed by atoms with van der Waals surface area (Å²) in [5, 5.41) is 11.4. The van der Waals surface area contributed by atoms with Crippen molar-refractivity contribution in [2.24, 2.45) is 0 Å². The third-order valence-corrected chi connectivity index (χ3v) is 5.51. The molecule has 0 saturated carbocycles. The quantitative estimate of drug-likeness (QED) is 0.775. The van der Waals surface area contributed by atoms with Gasteiger partial charge in [0.2, 0.25) is 10.0 Å². The van der Waals surface area contributed by atoms with Gasteiger partial charge in [0.1, 0.15) is 5.82 Å². The van der Waals surface area contributed by atoms with Crippen molar-refractivity contribution >= 4 is 15.9 Å². The lowest BCUT2D eigenvalue weighted by atomic mass is 10.2. The summed E-state index contributed by atoms with van der Waals surface area (Å²) in [6.45, 7) is -0.274. The van der Waals surface area contributed by atoms with Gasteiger partial charge in [0.15, 0.2) is 0 Å². The lowest BCUT2D eigenvalue weighted by molar-refractivity contribution is 0.0950. The number of nitrogens with one attached hydrogen (secondary N) is 1. The highest BCUT2D eigenvalue weighted by Crippen LogP contribution is 2.15. The number of halogens is 1. The Hall–Kier alpha value is -2.29. The standard InChI is InChI=1S/C17H19FN2O4S/c1-20(10-11-21)25(23,24)15-8-6-13(7-9-15)17(22)19-12-14-4-2-3-5-16(14)18/h2-9,21H,10-12H2,1H3,(H,19,22). The fourth-order valence-corrected chi connectivity index (χ4v) is 3.30. The number of carbonyl (C=O) groups is 1. The number of amides is 1. The Labute approximate surface area is 146 Å². The lowest BCUT2D eigenvalue weighted by Crippen LogP contribution is -2.29. The molecule has 1 amide bonds. The van der Waals surface area contributed by atoms with Crippen LogP contribution in [0.1, 0.15) is 15.9 Å². The Morgan fingerprint density at radius 3 is 2.40 bits per heavy atom. The molecular weight excluding hydrogens is 347 g/mol. The maximum absolute atomic E-state index is 13.5. The van der Waals surface area contributed by atoms with Crippen molar-refractivity contribution in [3.05, 3.63) is 65.5 Å². The number of aliphatic hydroxyl groups excluding tert-OH is 1. The Morgan fingerprint density at radius 1 is 1.16 bits per heavy atom. The Kier molecular flexibility index (Phi) is 6.24. The first-order valence-corrected chi connectivity index (χ1v) is 8.99. The van der Waals surface area contributed by atoms with E-state index in [-0.39, 0.29) is 30.2 Å². The maximum atomic E-state index is 13.5. The van der Waals surface area contributed by atoms with Gasteiger partial charge < -0.3 is 10.4 Å². The Morgan fingerprint density at radius 2 is 1.80 bits per heavy atom. The van der Waals surface area contributed by atoms with Crippen LogP contribution in [0.4, 0.5) is 4.39 Å². The molecule has 0 fully saturated rings. The summed E-state index contributed by atoms with van der Waals surface area (Å²) in [6, 6.07) is 11.5. The lowest BCUT2D eigenvalue weighted by Gasteiger charge is -2.16. The van der Waals surface area contributed by atoms with Crippen molar-refractivity contribution in [2.75, 3.05) is 20.2 Å². The molecule has 0 aliphatic carbocycles. The topological polar surface area (TPSA) is 86.7 Å². The van der Waals surface area contributed by atoms with Crippen molar-refractivity contribution < 1.29 is 22.7 Å². The highest BCUT2D eigenvalue weighted by molar-refractivity contribution is 7.89. The third-order valence-electron chi connectivity index (χ3n) is 3.64. The molecule has 0 aliphatic heterocycles. The molecule has 2 aromatic rings. The molecule has 0 spiro atoms. The van der Waals surface area contributed by atoms with E-state index in [1.54, 1.807) is 18.2 Å². The van der Waals surface area contributed by atoms with Crippen molar-refractivity contribution in [2.45, 2.75) is 11.4 Å². The van der Waals surface area contributed by atoms with Crippen LogP contribution in [0.15, 0.2) is 53.4 Å². The largest absolute Gasteiger partial charge is 0.395 e. The number of nitrogens with zero attached hydrogens (tertiary/aromatic N) is 1. The zero-order chi connectivity index (χ0) is 18.4. The second-order valence-electron chi connectivity index (χ2n) is 5.35. The van der Waals surface area contributed by atoms with E-state index in [2.05, 4.69) is 5.32 Å². The molecule has 2 aromatic carbocycles. The first-order chi connectivity index (χ1) is 11.9. The third kappa shape index (κ3) is 4.62. The summed E-state index contributed by atoms with van der Waals surface area (Å²) < 4.78 is 39.0. The van der Waals surface area contributed by atoms with Crippen molar-refractivity contribution in [1.82, 2.24) is 9.62 Å². The highest BCUT2D eigenvalue weighted by Gasteiger charge is 2.20. The number of likely N-dealkylation sites (N-methyl/N-ethyl adjacent to an activating group) is 1. The van der Waals surface area contributed by atoms with Crippen LogP contribution in [0, 0.1) is 5.82 Å². The van der Waals surface area contributed by atoms with Crippen LogP contribution in [-0.4, -0.2) is 43.9 Å². The van der Waals surface area contributed by atoms with Crippen LogP contribution in [0.2, 0.25) is 0 Å². The maximum Gasteiger partial charge on any atom is 0.251 e. The first kappa shape index (κ1) is 19.0. The molecule has 0 saturated heterocycles. The van der Waals surface area contributed by atoms with E-state index in [9.17, 15) is 17.6 Å². The molecule has 134 valence electrons. The van der Waals surface area contributed by atoms with Crippen LogP contribution < -0.4 is 5.32 Å². The van der Waals surface area contributed by atoms with Gasteiger partial charge in [-0.25, -0.2) is 12.8 Å². The zero-order valence-corrected chi connectivity index (χ0v) is 14.5. The number of hydrogen-bond acceptors (Lipinski definition) is 4. The molecule has 0 aliphatic rings. The van der Waals surface area contributed by atoms with Gasteiger partial charge in [-0.3, -0.25) is 4.79 Å². The van der Waals surface area contributed by atoms with E-state index in [1.165, 1.54) is 37.4 Å². The molecule has 25 heavy (non-hydrogen) atoms. The fraction of sp³-hybridized carbons (Fsp3) is 0.235. The molecule has 6 nitrogen and oxygen atoms in total. The van der Waals surface area contributed by atoms with Crippen LogP contribution >= 0.6 is 0 Å². The van der Waals surface area contributed by atoms with Crippen LogP contribution in [0.25, 0.3) is 0 Å². The van der Waals surface area contributed by atoms with Gasteiger partial charge in [0.25, 0.3) is 5.91 Å². The van der Waals surface area contributed by atoms with Gasteiger partial charge in [0.05, 0.1) is 11.5 Å². The smallest absolute Gasteiger partial charge is 0.251 e. The second kappa shape index (κ2) is 8.19. The van der Waals surface area contributed by atoms with Gasteiger partial charge in [-0.1, -0.05) is 18.2 Å². The van der Waals surface area contributed by atoms with Gasteiger partial charge in [-0.05, 0) is 30.3 Å². The van der Waals surface area contributed by atoms with Gasteiger partial charge in [-0.15, -0.1) is 0 Å². The molecule has 8 heteroatoms. The van der Waals surface area contributed by atoms with E-state index < -0.39 is 21.7 Å². The molecule has 2 rings (SSSR count). The predicted molar refractivity (Wildman–Crippen MR) is 90.9 cm³/mol. The van der Waals surface area contributed by atoms with E-state index >= 15 is 0 Å². The monoisotopic (exact) mass is 366 g/mol. The van der Waals surface area contributed by atoms with Crippen LogP contribution in [0.5, 0.6) is 0 Å². The van der Waals surface area contributed by atoms with Crippen molar-refractivity contribution in [3.63, 3.8) is 0 Å². The second-order valence-corrected chi connectivity index (χ2v) is 7.39. The van der Waals surface area contributed by atoms with Gasteiger partial charge in [-0.2, -0.15) is 4.31 Å². The summed E-state index contributed by atoms with van der Waals surface area (Å²) in [5.74, 6) is -0.841. The number of carbonyl (C=O) groups excluding carboxylic acids is 1. The number of sulfonamides is 1. The SMILES string of the molecule is CN(CCO)S(=O)(=O)c1ccc(C(=O)NCc2ccccc2F)cc1. The molecule has 0 heterocycles. The van der Waals surface area contributed by atoms with Crippen molar-refractivity contribution in [3.8, 4) is 0 Å². The minimum atomic E-state index is -3.71. The molecule has 0 unspecified atom stereocenters. The van der Waals surface area contributed by atoms with Crippen molar-refractivity contribution in [1.29, 1.82) is 0 Å². The average molecular weight is 366 g/mol. The average Bonchev–Trinajstić information content (AvgIpc) is 2.61. The predicted octanol–water partition coefficient (Wildman–Crippen LogP) is 1.37. The van der Waals surface area contributed by atoms with E-state index in [4.69, 9.17) is 5.11 Å². The Balaban J connectivity index is 2.06.